The number of anilines is 1. The SMILES string of the molecule is O=C(CC(=O)Nc1ccc(Cl)c(Cl)c1)NN=Cc1c(OCc2ccc(Br)cc2)ccc2ccccc12. The number of ether oxygens (including phenoxy) is 1. The minimum atomic E-state index is -0.568. The number of amides is 2. The van der Waals surface area contributed by atoms with Crippen molar-refractivity contribution in [2.45, 2.75) is 13.0 Å². The van der Waals surface area contributed by atoms with E-state index < -0.39 is 18.2 Å². The Hall–Kier alpha value is -3.39. The number of carbonyl (C=O) groups is 2. The number of halogens is 3. The summed E-state index contributed by atoms with van der Waals surface area (Å²) in [6.07, 6.45) is 1.11. The van der Waals surface area contributed by atoms with E-state index >= 15 is 0 Å². The van der Waals surface area contributed by atoms with Gasteiger partial charge in [-0.15, -0.1) is 0 Å². The summed E-state index contributed by atoms with van der Waals surface area (Å²) >= 11 is 15.3. The van der Waals surface area contributed by atoms with Gasteiger partial charge in [-0.05, 0) is 52.7 Å². The van der Waals surface area contributed by atoms with Gasteiger partial charge < -0.3 is 10.1 Å². The van der Waals surface area contributed by atoms with E-state index in [1.165, 1.54) is 12.3 Å². The van der Waals surface area contributed by atoms with Crippen molar-refractivity contribution >= 4 is 73.6 Å². The van der Waals surface area contributed by atoms with Crippen LogP contribution < -0.4 is 15.5 Å². The lowest BCUT2D eigenvalue weighted by Crippen LogP contribution is -2.24. The van der Waals surface area contributed by atoms with Crippen molar-refractivity contribution in [2.24, 2.45) is 5.10 Å². The highest BCUT2D eigenvalue weighted by atomic mass is 79.9. The Labute approximate surface area is 226 Å². The van der Waals surface area contributed by atoms with Crippen molar-refractivity contribution in [3.63, 3.8) is 0 Å². The van der Waals surface area contributed by atoms with Gasteiger partial charge in [0.15, 0.2) is 0 Å². The van der Waals surface area contributed by atoms with Crippen molar-refractivity contribution in [1.82, 2.24) is 5.43 Å². The van der Waals surface area contributed by atoms with Crippen molar-refractivity contribution < 1.29 is 14.3 Å². The molecule has 0 atom stereocenters. The summed E-state index contributed by atoms with van der Waals surface area (Å²) in [6, 6.07) is 24.2. The Morgan fingerprint density at radius 1 is 0.917 bits per heavy atom. The van der Waals surface area contributed by atoms with Crippen molar-refractivity contribution in [3.05, 3.63) is 105 Å². The van der Waals surface area contributed by atoms with Gasteiger partial charge in [0, 0.05) is 15.7 Å². The minimum Gasteiger partial charge on any atom is -0.488 e. The highest BCUT2D eigenvalue weighted by Gasteiger charge is 2.11. The van der Waals surface area contributed by atoms with E-state index in [0.29, 0.717) is 33.7 Å². The van der Waals surface area contributed by atoms with Crippen LogP contribution in [0.4, 0.5) is 5.69 Å². The molecule has 4 rings (SSSR count). The number of benzene rings is 4. The Morgan fingerprint density at radius 2 is 1.69 bits per heavy atom. The Morgan fingerprint density at radius 3 is 2.47 bits per heavy atom. The highest BCUT2D eigenvalue weighted by Crippen LogP contribution is 2.28. The summed E-state index contributed by atoms with van der Waals surface area (Å²) in [7, 11) is 0. The predicted molar refractivity (Wildman–Crippen MR) is 148 cm³/mol. The summed E-state index contributed by atoms with van der Waals surface area (Å²) in [5.74, 6) is -0.460. The molecule has 0 aliphatic heterocycles. The summed E-state index contributed by atoms with van der Waals surface area (Å²) in [5.41, 5.74) is 4.56. The average molecular weight is 585 g/mol. The van der Waals surface area contributed by atoms with Crippen molar-refractivity contribution in [3.8, 4) is 5.75 Å². The van der Waals surface area contributed by atoms with Crippen LogP contribution in [0.25, 0.3) is 10.8 Å². The molecule has 0 radical (unpaired) electrons. The molecule has 4 aromatic rings. The van der Waals surface area contributed by atoms with Crippen molar-refractivity contribution in [1.29, 1.82) is 0 Å². The number of hydrazone groups is 1. The largest absolute Gasteiger partial charge is 0.488 e. The van der Waals surface area contributed by atoms with Crippen LogP contribution in [0.3, 0.4) is 0 Å². The van der Waals surface area contributed by atoms with Crippen LogP contribution in [-0.4, -0.2) is 18.0 Å². The van der Waals surface area contributed by atoms with E-state index in [1.54, 1.807) is 12.1 Å². The molecule has 9 heteroatoms. The van der Waals surface area contributed by atoms with Crippen LogP contribution in [0.1, 0.15) is 17.5 Å². The normalized spacial score (nSPS) is 11.0. The summed E-state index contributed by atoms with van der Waals surface area (Å²) < 4.78 is 7.07. The first-order valence-electron chi connectivity index (χ1n) is 10.8. The van der Waals surface area contributed by atoms with Gasteiger partial charge >= 0.3 is 0 Å². The van der Waals surface area contributed by atoms with Crippen LogP contribution in [0.15, 0.2) is 88.4 Å². The average Bonchev–Trinajstić information content (AvgIpc) is 2.86. The van der Waals surface area contributed by atoms with Gasteiger partial charge in [0.1, 0.15) is 18.8 Å². The molecule has 36 heavy (non-hydrogen) atoms. The number of rotatable bonds is 8. The monoisotopic (exact) mass is 583 g/mol. The molecule has 0 aliphatic carbocycles. The molecule has 0 spiro atoms. The topological polar surface area (TPSA) is 79.8 Å². The molecule has 0 heterocycles. The minimum absolute atomic E-state index is 0.303. The summed E-state index contributed by atoms with van der Waals surface area (Å²) in [5, 5.41) is 9.27. The standard InChI is InChI=1S/C27H20BrCl2N3O3/c28-19-8-5-17(6-9-19)16-36-25-12-7-18-3-1-2-4-21(18)22(25)15-31-33-27(35)14-26(34)32-20-10-11-23(29)24(30)13-20/h1-13,15H,14,16H2,(H,32,34)(H,33,35). The van der Waals surface area contributed by atoms with Crippen LogP contribution in [0.5, 0.6) is 5.75 Å². The van der Waals surface area contributed by atoms with Crippen LogP contribution >= 0.6 is 39.1 Å². The van der Waals surface area contributed by atoms with Gasteiger partial charge in [-0.2, -0.15) is 5.10 Å². The maximum absolute atomic E-state index is 12.3. The molecule has 2 amide bonds. The van der Waals surface area contributed by atoms with Gasteiger partial charge in [-0.25, -0.2) is 5.43 Å². The molecule has 0 fully saturated rings. The van der Waals surface area contributed by atoms with E-state index in [0.717, 1.165) is 20.8 Å². The molecule has 0 bridgehead atoms. The maximum atomic E-state index is 12.3. The third-order valence-corrected chi connectivity index (χ3v) is 6.41. The molecule has 182 valence electrons. The second-order valence-electron chi connectivity index (χ2n) is 7.76. The van der Waals surface area contributed by atoms with Crippen LogP contribution in [0.2, 0.25) is 10.0 Å². The smallest absolute Gasteiger partial charge is 0.249 e. The first-order valence-corrected chi connectivity index (χ1v) is 12.4. The molecular weight excluding hydrogens is 565 g/mol. The second-order valence-corrected chi connectivity index (χ2v) is 9.49. The fourth-order valence-electron chi connectivity index (χ4n) is 3.41. The van der Waals surface area contributed by atoms with Gasteiger partial charge in [-0.3, -0.25) is 9.59 Å². The summed E-state index contributed by atoms with van der Waals surface area (Å²) in [6.45, 7) is 0.369. The fraction of sp³-hybridized carbons (Fsp3) is 0.0741. The molecule has 4 aromatic carbocycles. The van der Waals surface area contributed by atoms with Gasteiger partial charge in [0.25, 0.3) is 0 Å². The van der Waals surface area contributed by atoms with E-state index in [9.17, 15) is 9.59 Å². The molecule has 2 N–H and O–H groups in total. The lowest BCUT2D eigenvalue weighted by atomic mass is 10.0. The quantitative estimate of drug-likeness (QED) is 0.133. The molecule has 0 saturated heterocycles. The zero-order valence-electron chi connectivity index (χ0n) is 18.8. The number of nitrogens with one attached hydrogen (secondary N) is 2. The molecule has 6 nitrogen and oxygen atoms in total. The number of hydrogen-bond donors (Lipinski definition) is 2. The van der Waals surface area contributed by atoms with Crippen molar-refractivity contribution in [2.75, 3.05) is 5.32 Å². The maximum Gasteiger partial charge on any atom is 0.249 e. The highest BCUT2D eigenvalue weighted by molar-refractivity contribution is 9.10. The zero-order valence-corrected chi connectivity index (χ0v) is 21.9. The van der Waals surface area contributed by atoms with E-state index in [4.69, 9.17) is 27.9 Å². The third-order valence-electron chi connectivity index (χ3n) is 5.15. The Kier molecular flexibility index (Phi) is 8.59. The third kappa shape index (κ3) is 6.85. The first kappa shape index (κ1) is 25.7. The second kappa shape index (κ2) is 12.0. The van der Waals surface area contributed by atoms with Gasteiger partial charge in [-0.1, -0.05) is 81.6 Å². The van der Waals surface area contributed by atoms with E-state index in [1.807, 2.05) is 60.7 Å². The number of nitrogens with zero attached hydrogens (tertiary/aromatic N) is 1. The summed E-state index contributed by atoms with van der Waals surface area (Å²) in [4.78, 5) is 24.5. The molecular formula is C27H20BrCl2N3O3. The Balaban J connectivity index is 1.43. The predicted octanol–water partition coefficient (Wildman–Crippen LogP) is 6.97. The fourth-order valence-corrected chi connectivity index (χ4v) is 3.97. The number of fused-ring (bicyclic) bond motifs is 1. The number of carbonyl (C=O) groups excluding carboxylic acids is 2. The van der Waals surface area contributed by atoms with Gasteiger partial charge in [0.05, 0.1) is 16.3 Å². The number of hydrogen-bond acceptors (Lipinski definition) is 4. The Bertz CT molecular complexity index is 1440. The lowest BCUT2D eigenvalue weighted by molar-refractivity contribution is -0.126. The lowest BCUT2D eigenvalue weighted by Gasteiger charge is -2.12. The van der Waals surface area contributed by atoms with Gasteiger partial charge in [0.2, 0.25) is 11.8 Å². The zero-order chi connectivity index (χ0) is 25.5. The molecule has 0 aromatic heterocycles. The van der Waals surface area contributed by atoms with E-state index in [-0.39, 0.29) is 0 Å². The van der Waals surface area contributed by atoms with Crippen LogP contribution in [0, 0.1) is 0 Å². The van der Waals surface area contributed by atoms with Crippen LogP contribution in [-0.2, 0) is 16.2 Å². The molecule has 0 unspecified atom stereocenters. The molecule has 0 aliphatic rings. The molecule has 0 saturated carbocycles. The first-order chi connectivity index (χ1) is 17.4. The van der Waals surface area contributed by atoms with E-state index in [2.05, 4.69) is 31.8 Å².